The highest BCUT2D eigenvalue weighted by Crippen LogP contribution is 2.20. The Bertz CT molecular complexity index is 1190. The molecular weight excluding hydrogens is 384 g/mol. The van der Waals surface area contributed by atoms with E-state index in [1.54, 1.807) is 24.3 Å². The Kier molecular flexibility index (Phi) is 4.75. The molecule has 4 rings (SSSR count). The molecule has 1 amide bonds. The zero-order valence-corrected chi connectivity index (χ0v) is 15.6. The van der Waals surface area contributed by atoms with Crippen LogP contribution < -0.4 is 11.0 Å². The van der Waals surface area contributed by atoms with Crippen molar-refractivity contribution in [2.24, 2.45) is 0 Å². The van der Waals surface area contributed by atoms with Gasteiger partial charge < -0.3 is 20.0 Å². The third kappa shape index (κ3) is 3.57. The summed E-state index contributed by atoms with van der Waals surface area (Å²) >= 11 is 0. The van der Waals surface area contributed by atoms with Gasteiger partial charge in [-0.25, -0.2) is 13.2 Å². The van der Waals surface area contributed by atoms with Crippen LogP contribution in [0.25, 0.3) is 11.0 Å². The number of rotatable bonds is 4. The van der Waals surface area contributed by atoms with Crippen LogP contribution in [0.1, 0.15) is 10.4 Å². The highest BCUT2D eigenvalue weighted by Gasteiger charge is 2.26. The minimum atomic E-state index is -3.69. The summed E-state index contributed by atoms with van der Waals surface area (Å²) in [6.07, 6.45) is 0. The maximum absolute atomic E-state index is 12.8. The molecule has 1 aromatic heterocycles. The van der Waals surface area contributed by atoms with Crippen molar-refractivity contribution >= 4 is 32.7 Å². The Balaban J connectivity index is 1.57. The minimum Gasteiger partial charge on any atom is -0.379 e. The van der Waals surface area contributed by atoms with E-state index in [1.807, 2.05) is 0 Å². The Morgan fingerprint density at radius 3 is 2.57 bits per heavy atom. The summed E-state index contributed by atoms with van der Waals surface area (Å²) < 4.78 is 32.1. The number of nitrogens with zero attached hydrogens (tertiary/aromatic N) is 1. The van der Waals surface area contributed by atoms with E-state index in [1.165, 1.54) is 22.5 Å². The van der Waals surface area contributed by atoms with E-state index in [0.29, 0.717) is 29.9 Å². The monoisotopic (exact) mass is 402 g/mol. The molecule has 3 aromatic rings. The van der Waals surface area contributed by atoms with Gasteiger partial charge in [-0.2, -0.15) is 4.31 Å². The molecular formula is C18H18N4O5S. The number of H-pyrrole nitrogens is 2. The largest absolute Gasteiger partial charge is 0.379 e. The van der Waals surface area contributed by atoms with Gasteiger partial charge in [-0.15, -0.1) is 0 Å². The molecule has 0 radical (unpaired) electrons. The molecule has 0 saturated carbocycles. The molecule has 28 heavy (non-hydrogen) atoms. The quantitative estimate of drug-likeness (QED) is 0.603. The van der Waals surface area contributed by atoms with Crippen molar-refractivity contribution in [2.45, 2.75) is 4.90 Å². The molecule has 1 fully saturated rings. The van der Waals surface area contributed by atoms with E-state index in [2.05, 4.69) is 15.3 Å². The summed E-state index contributed by atoms with van der Waals surface area (Å²) in [6, 6.07) is 10.9. The number of nitrogens with one attached hydrogen (secondary N) is 3. The topological polar surface area (TPSA) is 124 Å². The molecule has 2 heterocycles. The molecule has 0 aliphatic carbocycles. The van der Waals surface area contributed by atoms with Crippen molar-refractivity contribution in [3.63, 3.8) is 0 Å². The molecule has 10 heteroatoms. The first-order valence-corrected chi connectivity index (χ1v) is 10.1. The maximum Gasteiger partial charge on any atom is 0.323 e. The second-order valence-electron chi connectivity index (χ2n) is 6.34. The third-order valence-electron chi connectivity index (χ3n) is 4.48. The van der Waals surface area contributed by atoms with Gasteiger partial charge in [-0.3, -0.25) is 4.79 Å². The average Bonchev–Trinajstić information content (AvgIpc) is 3.08. The van der Waals surface area contributed by atoms with Crippen LogP contribution in [0, 0.1) is 0 Å². The smallest absolute Gasteiger partial charge is 0.323 e. The SMILES string of the molecule is O=C(Nc1ccc2[nH]c(=O)[nH]c2c1)c1cccc(S(=O)(=O)N2CCOCC2)c1. The maximum atomic E-state index is 12.8. The van der Waals surface area contributed by atoms with Gasteiger partial charge in [0, 0.05) is 24.3 Å². The number of morpholine rings is 1. The number of benzene rings is 2. The zero-order chi connectivity index (χ0) is 19.7. The van der Waals surface area contributed by atoms with Crippen molar-refractivity contribution < 1.29 is 17.9 Å². The van der Waals surface area contributed by atoms with Crippen LogP contribution in [0.5, 0.6) is 0 Å². The Hall–Kier alpha value is -2.95. The van der Waals surface area contributed by atoms with Gasteiger partial charge in [-0.05, 0) is 36.4 Å². The first kappa shape index (κ1) is 18.4. The predicted molar refractivity (Wildman–Crippen MR) is 103 cm³/mol. The summed E-state index contributed by atoms with van der Waals surface area (Å²) in [5.41, 5.74) is 1.55. The fourth-order valence-electron chi connectivity index (χ4n) is 3.05. The van der Waals surface area contributed by atoms with Crippen LogP contribution in [-0.2, 0) is 14.8 Å². The summed E-state index contributed by atoms with van der Waals surface area (Å²) in [7, 11) is -3.69. The van der Waals surface area contributed by atoms with Crippen molar-refractivity contribution in [3.05, 3.63) is 58.5 Å². The molecule has 146 valence electrons. The van der Waals surface area contributed by atoms with Gasteiger partial charge in [0.1, 0.15) is 0 Å². The fraction of sp³-hybridized carbons (Fsp3) is 0.222. The minimum absolute atomic E-state index is 0.0625. The van der Waals surface area contributed by atoms with Crippen LogP contribution in [-0.4, -0.2) is 54.9 Å². The number of ether oxygens (including phenoxy) is 1. The molecule has 0 atom stereocenters. The fourth-order valence-corrected chi connectivity index (χ4v) is 4.50. The highest BCUT2D eigenvalue weighted by atomic mass is 32.2. The van der Waals surface area contributed by atoms with Crippen LogP contribution in [0.3, 0.4) is 0 Å². The summed E-state index contributed by atoms with van der Waals surface area (Å²) in [5, 5.41) is 2.71. The zero-order valence-electron chi connectivity index (χ0n) is 14.8. The number of anilines is 1. The van der Waals surface area contributed by atoms with Crippen LogP contribution >= 0.6 is 0 Å². The van der Waals surface area contributed by atoms with Gasteiger partial charge >= 0.3 is 5.69 Å². The molecule has 1 aliphatic heterocycles. The number of imidazole rings is 1. The third-order valence-corrected chi connectivity index (χ3v) is 6.37. The molecule has 9 nitrogen and oxygen atoms in total. The van der Waals surface area contributed by atoms with Gasteiger partial charge in [0.15, 0.2) is 0 Å². The lowest BCUT2D eigenvalue weighted by atomic mass is 10.2. The summed E-state index contributed by atoms with van der Waals surface area (Å²) in [6.45, 7) is 1.27. The predicted octanol–water partition coefficient (Wildman–Crippen LogP) is 1.13. The van der Waals surface area contributed by atoms with E-state index >= 15 is 0 Å². The lowest BCUT2D eigenvalue weighted by molar-refractivity contribution is 0.0730. The van der Waals surface area contributed by atoms with Crippen LogP contribution in [0.2, 0.25) is 0 Å². The van der Waals surface area contributed by atoms with E-state index in [-0.39, 0.29) is 29.2 Å². The van der Waals surface area contributed by atoms with E-state index < -0.39 is 15.9 Å². The number of amides is 1. The lowest BCUT2D eigenvalue weighted by Gasteiger charge is -2.26. The van der Waals surface area contributed by atoms with Crippen molar-refractivity contribution in [1.82, 2.24) is 14.3 Å². The van der Waals surface area contributed by atoms with E-state index in [4.69, 9.17) is 4.74 Å². The van der Waals surface area contributed by atoms with Crippen LogP contribution in [0.4, 0.5) is 5.69 Å². The normalized spacial score (nSPS) is 15.6. The molecule has 2 aromatic carbocycles. The number of hydrogen-bond donors (Lipinski definition) is 3. The standard InChI is InChI=1S/C18H18N4O5S/c23-17(19-13-4-5-15-16(11-13)21-18(24)20-15)12-2-1-3-14(10-12)28(25,26)22-6-8-27-9-7-22/h1-5,10-11H,6-9H2,(H,19,23)(H2,20,21,24). The van der Waals surface area contributed by atoms with Crippen molar-refractivity contribution in [3.8, 4) is 0 Å². The summed E-state index contributed by atoms with van der Waals surface area (Å²) in [4.78, 5) is 29.2. The number of carbonyl (C=O) groups is 1. The molecule has 0 bridgehead atoms. The van der Waals surface area contributed by atoms with Gasteiger partial charge in [0.05, 0.1) is 29.1 Å². The van der Waals surface area contributed by atoms with Crippen molar-refractivity contribution in [1.29, 1.82) is 0 Å². The van der Waals surface area contributed by atoms with E-state index in [9.17, 15) is 18.0 Å². The second kappa shape index (κ2) is 7.23. The molecule has 0 spiro atoms. The lowest BCUT2D eigenvalue weighted by Crippen LogP contribution is -2.40. The molecule has 1 aliphatic rings. The second-order valence-corrected chi connectivity index (χ2v) is 8.28. The molecule has 3 N–H and O–H groups in total. The highest BCUT2D eigenvalue weighted by molar-refractivity contribution is 7.89. The number of aromatic amines is 2. The molecule has 0 unspecified atom stereocenters. The first-order chi connectivity index (χ1) is 13.4. The number of hydrogen-bond acceptors (Lipinski definition) is 5. The average molecular weight is 402 g/mol. The number of carbonyl (C=O) groups excluding carboxylic acids is 1. The van der Waals surface area contributed by atoms with Crippen LogP contribution in [0.15, 0.2) is 52.2 Å². The summed E-state index contributed by atoms with van der Waals surface area (Å²) in [5.74, 6) is -0.448. The number of sulfonamides is 1. The Labute approximate surface area is 160 Å². The van der Waals surface area contributed by atoms with Gasteiger partial charge in [0.25, 0.3) is 5.91 Å². The Morgan fingerprint density at radius 1 is 1.04 bits per heavy atom. The number of aromatic nitrogens is 2. The first-order valence-electron chi connectivity index (χ1n) is 8.65. The number of fused-ring (bicyclic) bond motifs is 1. The van der Waals surface area contributed by atoms with Gasteiger partial charge in [-0.1, -0.05) is 6.07 Å². The van der Waals surface area contributed by atoms with Gasteiger partial charge in [0.2, 0.25) is 10.0 Å². The molecule has 1 saturated heterocycles. The van der Waals surface area contributed by atoms with E-state index in [0.717, 1.165) is 0 Å². The van der Waals surface area contributed by atoms with Crippen molar-refractivity contribution in [2.75, 3.05) is 31.6 Å². The Morgan fingerprint density at radius 2 is 1.79 bits per heavy atom.